The maximum Gasteiger partial charge on any atom is 0.258 e. The number of halogens is 1. The SMILES string of the molecule is NC(=O)CON=C(N)c1ccc(Oc2ccc(F)cc2)nc1. The predicted molar refractivity (Wildman–Crippen MR) is 76.6 cm³/mol. The Labute approximate surface area is 125 Å². The van der Waals surface area contributed by atoms with Crippen LogP contribution in [0.2, 0.25) is 0 Å². The molecule has 2 aromatic rings. The van der Waals surface area contributed by atoms with Crippen molar-refractivity contribution in [3.63, 3.8) is 0 Å². The third-order valence-electron chi connectivity index (χ3n) is 2.44. The number of benzene rings is 1. The first kappa shape index (κ1) is 15.2. The van der Waals surface area contributed by atoms with E-state index in [1.807, 2.05) is 0 Å². The Balaban J connectivity index is 2.00. The monoisotopic (exact) mass is 304 g/mol. The van der Waals surface area contributed by atoms with Crippen LogP contribution in [0.15, 0.2) is 47.8 Å². The van der Waals surface area contributed by atoms with Crippen LogP contribution in [0, 0.1) is 5.82 Å². The molecule has 0 unspecified atom stereocenters. The number of pyridine rings is 1. The van der Waals surface area contributed by atoms with Crippen LogP contribution in [0.4, 0.5) is 4.39 Å². The molecule has 0 atom stereocenters. The lowest BCUT2D eigenvalue weighted by molar-refractivity contribution is -0.122. The predicted octanol–water partition coefficient (Wildman–Crippen LogP) is 1.14. The van der Waals surface area contributed by atoms with E-state index in [0.717, 1.165) is 0 Å². The van der Waals surface area contributed by atoms with Crippen LogP contribution in [0.1, 0.15) is 5.56 Å². The third kappa shape index (κ3) is 4.44. The lowest BCUT2D eigenvalue weighted by atomic mass is 10.3. The maximum atomic E-state index is 12.8. The number of oxime groups is 1. The van der Waals surface area contributed by atoms with Crippen LogP contribution in [0.3, 0.4) is 0 Å². The second-order valence-electron chi connectivity index (χ2n) is 4.16. The molecule has 114 valence electrons. The van der Waals surface area contributed by atoms with Gasteiger partial charge < -0.3 is 21.0 Å². The minimum atomic E-state index is -0.655. The molecule has 0 saturated carbocycles. The van der Waals surface area contributed by atoms with Crippen LogP contribution in [0.25, 0.3) is 0 Å². The van der Waals surface area contributed by atoms with Gasteiger partial charge in [-0.3, -0.25) is 4.79 Å². The number of carbonyl (C=O) groups excluding carboxylic acids is 1. The molecular weight excluding hydrogens is 291 g/mol. The van der Waals surface area contributed by atoms with Gasteiger partial charge in [-0.05, 0) is 30.3 Å². The van der Waals surface area contributed by atoms with Crippen molar-refractivity contribution in [3.8, 4) is 11.6 Å². The molecule has 0 spiro atoms. The van der Waals surface area contributed by atoms with Crippen molar-refractivity contribution in [3.05, 3.63) is 54.0 Å². The number of ether oxygens (including phenoxy) is 1. The molecule has 0 aliphatic rings. The fourth-order valence-corrected chi connectivity index (χ4v) is 1.43. The first-order valence-corrected chi connectivity index (χ1v) is 6.18. The number of rotatable bonds is 6. The van der Waals surface area contributed by atoms with Gasteiger partial charge in [-0.25, -0.2) is 9.37 Å². The quantitative estimate of drug-likeness (QED) is 0.472. The maximum absolute atomic E-state index is 12.8. The first-order valence-electron chi connectivity index (χ1n) is 6.18. The van der Waals surface area contributed by atoms with Crippen LogP contribution in [0.5, 0.6) is 11.6 Å². The van der Waals surface area contributed by atoms with Gasteiger partial charge >= 0.3 is 0 Å². The van der Waals surface area contributed by atoms with Gasteiger partial charge in [-0.2, -0.15) is 0 Å². The Hall–Kier alpha value is -3.16. The summed E-state index contributed by atoms with van der Waals surface area (Å²) < 4.78 is 18.2. The standard InChI is InChI=1S/C14H13FN4O3/c15-10-2-4-11(5-3-10)22-13-6-1-9(7-18-13)14(17)19-21-8-12(16)20/h1-7H,8H2,(H2,16,20)(H2,17,19). The Morgan fingerprint density at radius 2 is 1.91 bits per heavy atom. The zero-order chi connectivity index (χ0) is 15.9. The van der Waals surface area contributed by atoms with Crippen molar-refractivity contribution < 1.29 is 18.8 Å². The van der Waals surface area contributed by atoms with Crippen molar-refractivity contribution in [2.24, 2.45) is 16.6 Å². The van der Waals surface area contributed by atoms with Crippen molar-refractivity contribution in [2.45, 2.75) is 0 Å². The summed E-state index contributed by atoms with van der Waals surface area (Å²) in [4.78, 5) is 19.2. The molecule has 1 aromatic carbocycles. The lowest BCUT2D eigenvalue weighted by Gasteiger charge is -2.05. The zero-order valence-electron chi connectivity index (χ0n) is 11.4. The number of carbonyl (C=O) groups is 1. The van der Waals surface area contributed by atoms with Gasteiger partial charge in [0.1, 0.15) is 11.6 Å². The molecule has 0 bridgehead atoms. The highest BCUT2D eigenvalue weighted by Gasteiger charge is 2.03. The van der Waals surface area contributed by atoms with Gasteiger partial charge in [0, 0.05) is 17.8 Å². The molecule has 0 fully saturated rings. The number of nitrogens with zero attached hydrogens (tertiary/aromatic N) is 2. The van der Waals surface area contributed by atoms with E-state index in [-0.39, 0.29) is 18.3 Å². The van der Waals surface area contributed by atoms with E-state index in [0.29, 0.717) is 17.2 Å². The summed E-state index contributed by atoms with van der Waals surface area (Å²) in [6, 6.07) is 8.71. The minimum Gasteiger partial charge on any atom is -0.439 e. The molecule has 0 aliphatic carbocycles. The fourth-order valence-electron chi connectivity index (χ4n) is 1.43. The normalized spacial score (nSPS) is 11.0. The Morgan fingerprint density at radius 3 is 2.50 bits per heavy atom. The highest BCUT2D eigenvalue weighted by molar-refractivity contribution is 5.96. The highest BCUT2D eigenvalue weighted by Crippen LogP contribution is 2.19. The number of hydrogen-bond donors (Lipinski definition) is 2. The largest absolute Gasteiger partial charge is 0.439 e. The van der Waals surface area contributed by atoms with E-state index >= 15 is 0 Å². The topological polar surface area (TPSA) is 113 Å². The minimum absolute atomic E-state index is 0.0436. The molecule has 1 heterocycles. The highest BCUT2D eigenvalue weighted by atomic mass is 19.1. The number of aromatic nitrogens is 1. The smallest absolute Gasteiger partial charge is 0.258 e. The summed E-state index contributed by atoms with van der Waals surface area (Å²) in [5, 5.41) is 3.53. The molecule has 22 heavy (non-hydrogen) atoms. The number of hydrogen-bond acceptors (Lipinski definition) is 5. The van der Waals surface area contributed by atoms with Crippen molar-refractivity contribution in [1.29, 1.82) is 0 Å². The van der Waals surface area contributed by atoms with Crippen LogP contribution >= 0.6 is 0 Å². The van der Waals surface area contributed by atoms with Gasteiger partial charge in [0.2, 0.25) is 5.88 Å². The summed E-state index contributed by atoms with van der Waals surface area (Å²) in [6.07, 6.45) is 1.42. The second kappa shape index (κ2) is 7.02. The molecule has 7 nitrogen and oxygen atoms in total. The average molecular weight is 304 g/mol. The van der Waals surface area contributed by atoms with Gasteiger partial charge in [0.25, 0.3) is 5.91 Å². The van der Waals surface area contributed by atoms with Gasteiger partial charge in [0.15, 0.2) is 12.4 Å². The molecule has 0 radical (unpaired) electrons. The van der Waals surface area contributed by atoms with Crippen LogP contribution in [-0.2, 0) is 9.63 Å². The van der Waals surface area contributed by atoms with Gasteiger partial charge in [-0.15, -0.1) is 0 Å². The first-order chi connectivity index (χ1) is 10.5. The van der Waals surface area contributed by atoms with Crippen LogP contribution < -0.4 is 16.2 Å². The third-order valence-corrected chi connectivity index (χ3v) is 2.44. The van der Waals surface area contributed by atoms with Crippen LogP contribution in [-0.4, -0.2) is 23.3 Å². The van der Waals surface area contributed by atoms with E-state index in [2.05, 4.69) is 15.0 Å². The Kier molecular flexibility index (Phi) is 4.86. The van der Waals surface area contributed by atoms with E-state index in [1.165, 1.54) is 30.5 Å². The average Bonchev–Trinajstić information content (AvgIpc) is 2.50. The lowest BCUT2D eigenvalue weighted by Crippen LogP contribution is -2.19. The molecule has 8 heteroatoms. The second-order valence-corrected chi connectivity index (χ2v) is 4.16. The van der Waals surface area contributed by atoms with E-state index in [4.69, 9.17) is 16.2 Å². The molecule has 1 aromatic heterocycles. The number of primary amides is 1. The van der Waals surface area contributed by atoms with E-state index < -0.39 is 5.91 Å². The zero-order valence-corrected chi connectivity index (χ0v) is 11.4. The van der Waals surface area contributed by atoms with Gasteiger partial charge in [-0.1, -0.05) is 5.16 Å². The summed E-state index contributed by atoms with van der Waals surface area (Å²) in [5.74, 6) is -0.204. The molecule has 0 saturated heterocycles. The Morgan fingerprint density at radius 1 is 1.18 bits per heavy atom. The van der Waals surface area contributed by atoms with Crippen molar-refractivity contribution >= 4 is 11.7 Å². The molecule has 2 rings (SSSR count). The number of amidine groups is 1. The summed E-state index contributed by atoms with van der Waals surface area (Å²) >= 11 is 0. The molecular formula is C14H13FN4O3. The molecule has 4 N–H and O–H groups in total. The summed E-state index contributed by atoms with van der Waals surface area (Å²) in [5.41, 5.74) is 11.0. The summed E-state index contributed by atoms with van der Waals surface area (Å²) in [7, 11) is 0. The van der Waals surface area contributed by atoms with E-state index in [9.17, 15) is 9.18 Å². The van der Waals surface area contributed by atoms with Crippen molar-refractivity contribution in [1.82, 2.24) is 4.98 Å². The Bertz CT molecular complexity index is 671. The number of amides is 1. The van der Waals surface area contributed by atoms with E-state index in [1.54, 1.807) is 12.1 Å². The summed E-state index contributed by atoms with van der Waals surface area (Å²) in [6.45, 7) is -0.361. The molecule has 0 aliphatic heterocycles. The van der Waals surface area contributed by atoms with Crippen molar-refractivity contribution in [2.75, 3.05) is 6.61 Å². The molecule has 1 amide bonds. The fraction of sp³-hybridized carbons (Fsp3) is 0.0714. The van der Waals surface area contributed by atoms with Gasteiger partial charge in [0.05, 0.1) is 0 Å². The number of nitrogens with two attached hydrogens (primary N) is 2.